The molecule has 3 aromatic carbocycles. The Morgan fingerprint density at radius 1 is 1.08 bits per heavy atom. The fourth-order valence-corrected chi connectivity index (χ4v) is 2.64. The predicted molar refractivity (Wildman–Crippen MR) is 95.7 cm³/mol. The zero-order valence-corrected chi connectivity index (χ0v) is 13.6. The van der Waals surface area contributed by atoms with Gasteiger partial charge in [0.1, 0.15) is 5.75 Å². The number of methoxy groups -OCH3 is 1. The van der Waals surface area contributed by atoms with Gasteiger partial charge in [-0.15, -0.1) is 0 Å². The molecule has 5 heteroatoms. The molecule has 0 aliphatic heterocycles. The van der Waals surface area contributed by atoms with Crippen LogP contribution in [-0.2, 0) is 4.79 Å². The van der Waals surface area contributed by atoms with Gasteiger partial charge < -0.3 is 15.2 Å². The Labute approximate surface area is 145 Å². The Morgan fingerprint density at radius 3 is 2.40 bits per heavy atom. The van der Waals surface area contributed by atoms with Crippen LogP contribution in [0.3, 0.4) is 0 Å². The first-order valence-electron chi connectivity index (χ1n) is 7.68. The number of hydrogen-bond acceptors (Lipinski definition) is 4. The minimum atomic E-state index is -0.975. The number of rotatable bonds is 5. The summed E-state index contributed by atoms with van der Waals surface area (Å²) in [5.74, 6) is -0.219. The monoisotopic (exact) mass is 332 g/mol. The molecule has 0 radical (unpaired) electrons. The second kappa shape index (κ2) is 6.93. The first-order valence-corrected chi connectivity index (χ1v) is 7.68. The minimum Gasteiger partial charge on any atom is -0.497 e. The van der Waals surface area contributed by atoms with E-state index in [1.807, 2.05) is 36.4 Å². The maximum Gasteiger partial charge on any atom is 0.330 e. The third-order valence-corrected chi connectivity index (χ3v) is 3.98. The molecule has 3 aromatic rings. The van der Waals surface area contributed by atoms with E-state index in [0.717, 1.165) is 16.5 Å². The van der Waals surface area contributed by atoms with Crippen LogP contribution in [0.15, 0.2) is 60.7 Å². The number of nitriles is 1. The Hall–Kier alpha value is -3.52. The maximum atomic E-state index is 11.7. The van der Waals surface area contributed by atoms with Crippen LogP contribution in [0.25, 0.3) is 10.8 Å². The van der Waals surface area contributed by atoms with Gasteiger partial charge in [-0.25, -0.2) is 4.79 Å². The van der Waals surface area contributed by atoms with Crippen LogP contribution >= 0.6 is 0 Å². The predicted octanol–water partition coefficient (Wildman–Crippen LogP) is 3.96. The highest BCUT2D eigenvalue weighted by atomic mass is 16.5. The van der Waals surface area contributed by atoms with E-state index < -0.39 is 12.0 Å². The van der Waals surface area contributed by atoms with Gasteiger partial charge in [-0.05, 0) is 58.8 Å². The molecule has 0 saturated heterocycles. The lowest BCUT2D eigenvalue weighted by molar-refractivity contribution is -0.138. The maximum absolute atomic E-state index is 11.7. The SMILES string of the molecule is COc1ccc2cc(C(Nc3ccc(C#N)cc3)C(=O)O)ccc2c1. The van der Waals surface area contributed by atoms with E-state index in [1.54, 1.807) is 37.4 Å². The Kier molecular flexibility index (Phi) is 4.53. The van der Waals surface area contributed by atoms with E-state index in [4.69, 9.17) is 10.00 Å². The van der Waals surface area contributed by atoms with Crippen molar-refractivity contribution in [1.29, 1.82) is 5.26 Å². The molecule has 25 heavy (non-hydrogen) atoms. The molecule has 1 unspecified atom stereocenters. The van der Waals surface area contributed by atoms with E-state index in [0.29, 0.717) is 16.8 Å². The summed E-state index contributed by atoms with van der Waals surface area (Å²) in [5, 5.41) is 23.4. The molecule has 124 valence electrons. The molecule has 5 nitrogen and oxygen atoms in total. The Morgan fingerprint density at radius 2 is 1.76 bits per heavy atom. The number of nitrogens with one attached hydrogen (secondary N) is 1. The zero-order valence-electron chi connectivity index (χ0n) is 13.6. The summed E-state index contributed by atoms with van der Waals surface area (Å²) in [7, 11) is 1.61. The number of carbonyl (C=O) groups is 1. The number of nitrogens with zero attached hydrogens (tertiary/aromatic N) is 1. The molecule has 0 aromatic heterocycles. The molecule has 0 aliphatic rings. The van der Waals surface area contributed by atoms with Crippen molar-refractivity contribution in [3.05, 3.63) is 71.8 Å². The van der Waals surface area contributed by atoms with Crippen LogP contribution in [0.4, 0.5) is 5.69 Å². The molecule has 0 spiro atoms. The highest BCUT2D eigenvalue weighted by Gasteiger charge is 2.20. The third-order valence-electron chi connectivity index (χ3n) is 3.98. The van der Waals surface area contributed by atoms with E-state index >= 15 is 0 Å². The average Bonchev–Trinajstić information content (AvgIpc) is 2.65. The molecule has 0 bridgehead atoms. The number of aliphatic carboxylic acids is 1. The van der Waals surface area contributed by atoms with Gasteiger partial charge in [-0.2, -0.15) is 5.26 Å². The first-order chi connectivity index (χ1) is 12.1. The second-order valence-electron chi connectivity index (χ2n) is 5.58. The topological polar surface area (TPSA) is 82.3 Å². The summed E-state index contributed by atoms with van der Waals surface area (Å²) in [5.41, 5.74) is 1.81. The number of fused-ring (bicyclic) bond motifs is 1. The molecule has 0 aliphatic carbocycles. The van der Waals surface area contributed by atoms with Crippen molar-refractivity contribution >= 4 is 22.4 Å². The van der Waals surface area contributed by atoms with Crippen LogP contribution in [0, 0.1) is 11.3 Å². The van der Waals surface area contributed by atoms with Crippen LogP contribution in [0.5, 0.6) is 5.75 Å². The number of carboxylic acid groups (broad SMARTS) is 1. The van der Waals surface area contributed by atoms with Crippen LogP contribution < -0.4 is 10.1 Å². The third kappa shape index (κ3) is 3.54. The summed E-state index contributed by atoms with van der Waals surface area (Å²) < 4.78 is 5.21. The Balaban J connectivity index is 1.93. The lowest BCUT2D eigenvalue weighted by Crippen LogP contribution is -2.20. The van der Waals surface area contributed by atoms with Gasteiger partial charge in [0, 0.05) is 5.69 Å². The number of anilines is 1. The van der Waals surface area contributed by atoms with Gasteiger partial charge >= 0.3 is 5.97 Å². The largest absolute Gasteiger partial charge is 0.497 e. The number of hydrogen-bond donors (Lipinski definition) is 2. The smallest absolute Gasteiger partial charge is 0.330 e. The summed E-state index contributed by atoms with van der Waals surface area (Å²) in [6.45, 7) is 0. The molecule has 3 rings (SSSR count). The number of carboxylic acids is 1. The summed E-state index contributed by atoms with van der Waals surface area (Å²) in [6.07, 6.45) is 0. The van der Waals surface area contributed by atoms with E-state index in [1.165, 1.54) is 0 Å². The zero-order chi connectivity index (χ0) is 17.8. The summed E-state index contributed by atoms with van der Waals surface area (Å²) >= 11 is 0. The van der Waals surface area contributed by atoms with Crippen molar-refractivity contribution in [2.75, 3.05) is 12.4 Å². The van der Waals surface area contributed by atoms with Crippen molar-refractivity contribution < 1.29 is 14.6 Å². The van der Waals surface area contributed by atoms with Crippen molar-refractivity contribution in [3.63, 3.8) is 0 Å². The number of benzene rings is 3. The fourth-order valence-electron chi connectivity index (χ4n) is 2.64. The van der Waals surface area contributed by atoms with Gasteiger partial charge in [-0.3, -0.25) is 0 Å². The van der Waals surface area contributed by atoms with Crippen molar-refractivity contribution in [1.82, 2.24) is 0 Å². The fraction of sp³-hybridized carbons (Fsp3) is 0.100. The summed E-state index contributed by atoms with van der Waals surface area (Å²) in [6, 6.07) is 19.0. The molecule has 0 saturated carbocycles. The van der Waals surface area contributed by atoms with Crippen LogP contribution in [-0.4, -0.2) is 18.2 Å². The van der Waals surface area contributed by atoms with E-state index in [2.05, 4.69) is 5.32 Å². The molecule has 0 amide bonds. The lowest BCUT2D eigenvalue weighted by atomic mass is 10.0. The molecule has 0 heterocycles. The highest BCUT2D eigenvalue weighted by molar-refractivity contribution is 5.87. The number of ether oxygens (including phenoxy) is 1. The van der Waals surface area contributed by atoms with Gasteiger partial charge in [-0.1, -0.05) is 18.2 Å². The highest BCUT2D eigenvalue weighted by Crippen LogP contribution is 2.26. The quantitative estimate of drug-likeness (QED) is 0.739. The standard InChI is InChI=1S/C20H16N2O3/c1-25-18-9-6-14-10-16(5-4-15(14)11-18)19(20(23)24)22-17-7-2-13(12-21)3-8-17/h2-11,19,22H,1H3,(H,23,24). The lowest BCUT2D eigenvalue weighted by Gasteiger charge is -2.17. The van der Waals surface area contributed by atoms with Crippen molar-refractivity contribution in [2.45, 2.75) is 6.04 Å². The minimum absolute atomic E-state index is 0.525. The molecular formula is C20H16N2O3. The van der Waals surface area contributed by atoms with Crippen molar-refractivity contribution in [3.8, 4) is 11.8 Å². The summed E-state index contributed by atoms with van der Waals surface area (Å²) in [4.78, 5) is 11.7. The van der Waals surface area contributed by atoms with Gasteiger partial charge in [0.25, 0.3) is 0 Å². The van der Waals surface area contributed by atoms with Crippen molar-refractivity contribution in [2.24, 2.45) is 0 Å². The normalized spacial score (nSPS) is 11.5. The van der Waals surface area contributed by atoms with Crippen LogP contribution in [0.2, 0.25) is 0 Å². The van der Waals surface area contributed by atoms with E-state index in [-0.39, 0.29) is 0 Å². The second-order valence-corrected chi connectivity index (χ2v) is 5.58. The van der Waals surface area contributed by atoms with Gasteiger partial charge in [0.05, 0.1) is 18.7 Å². The first kappa shape index (κ1) is 16.3. The Bertz CT molecular complexity index is 959. The van der Waals surface area contributed by atoms with Crippen LogP contribution in [0.1, 0.15) is 17.2 Å². The molecule has 2 N–H and O–H groups in total. The van der Waals surface area contributed by atoms with E-state index in [9.17, 15) is 9.90 Å². The molecule has 0 fully saturated rings. The van der Waals surface area contributed by atoms with Gasteiger partial charge in [0.2, 0.25) is 0 Å². The molecule has 1 atom stereocenters. The average molecular weight is 332 g/mol. The van der Waals surface area contributed by atoms with Gasteiger partial charge in [0.15, 0.2) is 6.04 Å². The molecular weight excluding hydrogens is 316 g/mol.